The number of methoxy groups -OCH3 is 1. The van der Waals surface area contributed by atoms with E-state index in [9.17, 15) is 14.4 Å². The number of esters is 1. The van der Waals surface area contributed by atoms with Crippen molar-refractivity contribution in [1.29, 1.82) is 0 Å². The zero-order valence-corrected chi connectivity index (χ0v) is 16.9. The summed E-state index contributed by atoms with van der Waals surface area (Å²) in [5, 5.41) is 3.81. The Morgan fingerprint density at radius 3 is 2.77 bits per heavy atom. The molecule has 0 fully saturated rings. The molecule has 30 heavy (non-hydrogen) atoms. The molecule has 2 amide bonds. The zero-order chi connectivity index (χ0) is 21.3. The maximum absolute atomic E-state index is 12.9. The summed E-state index contributed by atoms with van der Waals surface area (Å²) in [5.41, 5.74) is 4.13. The van der Waals surface area contributed by atoms with Crippen molar-refractivity contribution in [2.24, 2.45) is 0 Å². The van der Waals surface area contributed by atoms with Gasteiger partial charge in [-0.15, -0.1) is 0 Å². The molecular weight excluding hydrogens is 382 g/mol. The second kappa shape index (κ2) is 8.02. The average Bonchev–Trinajstić information content (AvgIpc) is 3.36. The van der Waals surface area contributed by atoms with Crippen LogP contribution in [0.5, 0.6) is 0 Å². The number of nitrogens with one attached hydrogen (secondary N) is 2. The Morgan fingerprint density at radius 2 is 2.00 bits per heavy atom. The molecule has 4 rings (SSSR count). The molecule has 1 aliphatic rings. The molecule has 2 N–H and O–H groups in total. The Labute approximate surface area is 174 Å². The minimum atomic E-state index is -0.816. The van der Waals surface area contributed by atoms with Crippen molar-refractivity contribution in [2.45, 2.75) is 25.8 Å². The quantitative estimate of drug-likeness (QED) is 0.639. The summed E-state index contributed by atoms with van der Waals surface area (Å²) in [7, 11) is 1.31. The molecule has 3 aromatic rings. The van der Waals surface area contributed by atoms with Crippen molar-refractivity contribution < 1.29 is 19.1 Å². The van der Waals surface area contributed by atoms with Crippen LogP contribution in [0, 0.1) is 0 Å². The largest absolute Gasteiger partial charge is 0.467 e. The Bertz CT molecular complexity index is 1130. The smallest absolute Gasteiger partial charge is 0.328 e. The molecule has 1 aliphatic heterocycles. The molecule has 0 saturated carbocycles. The Balaban J connectivity index is 1.54. The van der Waals surface area contributed by atoms with Crippen LogP contribution in [0.25, 0.3) is 10.9 Å². The first kappa shape index (κ1) is 19.7. The lowest BCUT2D eigenvalue weighted by molar-refractivity contribution is -0.142. The van der Waals surface area contributed by atoms with Crippen LogP contribution in [-0.4, -0.2) is 42.5 Å². The third kappa shape index (κ3) is 3.66. The number of aromatic nitrogens is 1. The summed E-state index contributed by atoms with van der Waals surface area (Å²) >= 11 is 0. The molecule has 0 saturated heterocycles. The number of carbonyl (C=O) groups is 3. The van der Waals surface area contributed by atoms with Crippen LogP contribution < -0.4 is 10.2 Å². The van der Waals surface area contributed by atoms with Crippen LogP contribution in [0.15, 0.2) is 48.7 Å². The molecule has 1 atom stereocenters. The van der Waals surface area contributed by atoms with Gasteiger partial charge in [0.2, 0.25) is 5.91 Å². The number of para-hydroxylation sites is 1. The Hall–Kier alpha value is -3.61. The maximum Gasteiger partial charge on any atom is 0.328 e. The third-order valence-corrected chi connectivity index (χ3v) is 5.51. The van der Waals surface area contributed by atoms with E-state index >= 15 is 0 Å². The number of carbonyl (C=O) groups excluding carboxylic acids is 3. The van der Waals surface area contributed by atoms with Crippen molar-refractivity contribution in [3.63, 3.8) is 0 Å². The summed E-state index contributed by atoms with van der Waals surface area (Å²) in [6.07, 6.45) is 2.86. The Morgan fingerprint density at radius 1 is 1.20 bits per heavy atom. The number of nitrogens with zero attached hydrogens (tertiary/aromatic N) is 1. The number of H-pyrrole nitrogens is 1. The topological polar surface area (TPSA) is 91.5 Å². The average molecular weight is 405 g/mol. The molecule has 0 bridgehead atoms. The van der Waals surface area contributed by atoms with Gasteiger partial charge in [-0.2, -0.15) is 0 Å². The number of ether oxygens (including phenoxy) is 1. The fourth-order valence-corrected chi connectivity index (χ4v) is 3.97. The predicted octanol–water partition coefficient (Wildman–Crippen LogP) is 2.59. The molecule has 1 aromatic heterocycles. The van der Waals surface area contributed by atoms with E-state index in [1.807, 2.05) is 30.5 Å². The van der Waals surface area contributed by atoms with Gasteiger partial charge in [-0.3, -0.25) is 9.59 Å². The van der Waals surface area contributed by atoms with Gasteiger partial charge < -0.3 is 19.9 Å². The van der Waals surface area contributed by atoms with Gasteiger partial charge in [0, 0.05) is 48.2 Å². The van der Waals surface area contributed by atoms with Gasteiger partial charge in [0.25, 0.3) is 5.91 Å². The summed E-state index contributed by atoms with van der Waals surface area (Å²) < 4.78 is 4.92. The first-order valence-electron chi connectivity index (χ1n) is 9.82. The lowest BCUT2D eigenvalue weighted by Gasteiger charge is -2.17. The van der Waals surface area contributed by atoms with E-state index in [-0.39, 0.29) is 11.8 Å². The highest BCUT2D eigenvalue weighted by molar-refractivity contribution is 5.99. The van der Waals surface area contributed by atoms with Crippen LogP contribution in [0.3, 0.4) is 0 Å². The van der Waals surface area contributed by atoms with Crippen molar-refractivity contribution in [3.05, 3.63) is 65.4 Å². The first-order chi connectivity index (χ1) is 14.5. The summed E-state index contributed by atoms with van der Waals surface area (Å²) in [5.74, 6) is -0.873. The van der Waals surface area contributed by atoms with E-state index < -0.39 is 12.0 Å². The highest BCUT2D eigenvalue weighted by atomic mass is 16.5. The predicted molar refractivity (Wildman–Crippen MR) is 113 cm³/mol. The fourth-order valence-electron chi connectivity index (χ4n) is 3.97. The molecule has 154 valence electrons. The van der Waals surface area contributed by atoms with E-state index in [0.717, 1.165) is 27.7 Å². The van der Waals surface area contributed by atoms with Gasteiger partial charge in [-0.05, 0) is 41.8 Å². The van der Waals surface area contributed by atoms with Crippen LogP contribution in [-0.2, 0) is 27.2 Å². The first-order valence-corrected chi connectivity index (χ1v) is 9.82. The van der Waals surface area contributed by atoms with Crippen molar-refractivity contribution >= 4 is 34.4 Å². The van der Waals surface area contributed by atoms with E-state index in [1.165, 1.54) is 14.0 Å². The number of rotatable bonds is 5. The lowest BCUT2D eigenvalue weighted by Crippen LogP contribution is -2.43. The molecule has 7 heteroatoms. The number of fused-ring (bicyclic) bond motifs is 2. The number of anilines is 1. The van der Waals surface area contributed by atoms with Crippen LogP contribution in [0.2, 0.25) is 0 Å². The van der Waals surface area contributed by atoms with Gasteiger partial charge in [0.05, 0.1) is 7.11 Å². The molecule has 2 heterocycles. The second-order valence-corrected chi connectivity index (χ2v) is 7.38. The number of amides is 2. The summed E-state index contributed by atoms with van der Waals surface area (Å²) in [4.78, 5) is 41.8. The van der Waals surface area contributed by atoms with E-state index in [2.05, 4.69) is 10.3 Å². The molecule has 0 spiro atoms. The summed E-state index contributed by atoms with van der Waals surface area (Å²) in [6, 6.07) is 12.2. The highest BCUT2D eigenvalue weighted by Crippen LogP contribution is 2.29. The fraction of sp³-hybridized carbons (Fsp3) is 0.261. The number of hydrogen-bond acceptors (Lipinski definition) is 4. The highest BCUT2D eigenvalue weighted by Gasteiger charge is 2.26. The molecule has 1 unspecified atom stereocenters. The molecule has 0 aliphatic carbocycles. The van der Waals surface area contributed by atoms with Crippen molar-refractivity contribution in [3.8, 4) is 0 Å². The summed E-state index contributed by atoms with van der Waals surface area (Å²) in [6.45, 7) is 2.14. The molecule has 0 radical (unpaired) electrons. The number of benzene rings is 2. The standard InChI is InChI=1S/C23H23N3O4/c1-14(27)26-10-9-15-11-16(7-8-21(15)26)22(28)25-20(23(29)30-2)12-17-13-24-19-6-4-3-5-18(17)19/h3-8,11,13,20,24H,9-10,12H2,1-2H3,(H,25,28). The lowest BCUT2D eigenvalue weighted by atomic mass is 10.0. The van der Waals surface area contributed by atoms with Gasteiger partial charge in [-0.1, -0.05) is 18.2 Å². The van der Waals surface area contributed by atoms with Gasteiger partial charge in [0.15, 0.2) is 0 Å². The van der Waals surface area contributed by atoms with Crippen LogP contribution in [0.1, 0.15) is 28.4 Å². The minimum Gasteiger partial charge on any atom is -0.467 e. The molecule has 2 aromatic carbocycles. The molecular formula is C23H23N3O4. The van der Waals surface area contributed by atoms with Gasteiger partial charge in [-0.25, -0.2) is 4.79 Å². The molecule has 7 nitrogen and oxygen atoms in total. The van der Waals surface area contributed by atoms with E-state index in [4.69, 9.17) is 4.74 Å². The SMILES string of the molecule is COC(=O)C(Cc1c[nH]c2ccccc12)NC(=O)c1ccc2c(c1)CCN2C(C)=O. The van der Waals surface area contributed by atoms with Crippen molar-refractivity contribution in [1.82, 2.24) is 10.3 Å². The number of hydrogen-bond donors (Lipinski definition) is 2. The number of aromatic amines is 1. The van der Waals surface area contributed by atoms with Crippen LogP contribution in [0.4, 0.5) is 5.69 Å². The third-order valence-electron chi connectivity index (χ3n) is 5.51. The van der Waals surface area contributed by atoms with Gasteiger partial charge in [0.1, 0.15) is 6.04 Å². The maximum atomic E-state index is 12.9. The van der Waals surface area contributed by atoms with Crippen molar-refractivity contribution in [2.75, 3.05) is 18.6 Å². The Kier molecular flexibility index (Phi) is 5.27. The normalized spacial score (nSPS) is 13.7. The van der Waals surface area contributed by atoms with Crippen LogP contribution >= 0.6 is 0 Å². The van der Waals surface area contributed by atoms with Gasteiger partial charge >= 0.3 is 5.97 Å². The zero-order valence-electron chi connectivity index (χ0n) is 16.9. The van der Waals surface area contributed by atoms with E-state index in [0.29, 0.717) is 24.9 Å². The monoisotopic (exact) mass is 405 g/mol. The van der Waals surface area contributed by atoms with E-state index in [1.54, 1.807) is 23.1 Å². The minimum absolute atomic E-state index is 0.0181. The second-order valence-electron chi connectivity index (χ2n) is 7.38.